The molecule has 0 saturated carbocycles. The first kappa shape index (κ1) is 15.9. The van der Waals surface area contributed by atoms with Crippen molar-refractivity contribution in [3.8, 4) is 0 Å². The standard InChI is InChI=1S/C16H17N3O2S/c1-12-6-5-9-14(19(20)21)15(12)18-16(22)17-11-10-13-7-3-2-4-8-13/h2-9H,10-11H2,1H3,(H2,17,18,22). The fourth-order valence-electron chi connectivity index (χ4n) is 2.09. The highest BCUT2D eigenvalue weighted by Crippen LogP contribution is 2.27. The summed E-state index contributed by atoms with van der Waals surface area (Å²) in [4.78, 5) is 10.6. The zero-order valence-electron chi connectivity index (χ0n) is 12.2. The molecule has 0 amide bonds. The molecule has 0 spiro atoms. The Bertz CT molecular complexity index is 674. The summed E-state index contributed by atoms with van der Waals surface area (Å²) in [6, 6.07) is 15.0. The van der Waals surface area contributed by atoms with Crippen molar-refractivity contribution in [2.75, 3.05) is 11.9 Å². The van der Waals surface area contributed by atoms with Crippen LogP contribution < -0.4 is 10.6 Å². The van der Waals surface area contributed by atoms with Crippen LogP contribution in [0.1, 0.15) is 11.1 Å². The number of aryl methyl sites for hydroxylation is 1. The van der Waals surface area contributed by atoms with E-state index in [4.69, 9.17) is 12.2 Å². The second-order valence-electron chi connectivity index (χ2n) is 4.84. The number of nitrogens with one attached hydrogen (secondary N) is 2. The number of anilines is 1. The summed E-state index contributed by atoms with van der Waals surface area (Å²) in [5, 5.41) is 17.4. The van der Waals surface area contributed by atoms with E-state index in [-0.39, 0.29) is 5.69 Å². The fourth-order valence-corrected chi connectivity index (χ4v) is 2.29. The molecule has 22 heavy (non-hydrogen) atoms. The Morgan fingerprint density at radius 3 is 2.59 bits per heavy atom. The first-order valence-electron chi connectivity index (χ1n) is 6.90. The zero-order chi connectivity index (χ0) is 15.9. The van der Waals surface area contributed by atoms with E-state index in [1.165, 1.54) is 11.6 Å². The van der Waals surface area contributed by atoms with E-state index in [0.717, 1.165) is 12.0 Å². The maximum atomic E-state index is 11.1. The van der Waals surface area contributed by atoms with Gasteiger partial charge in [-0.1, -0.05) is 42.5 Å². The topological polar surface area (TPSA) is 67.2 Å². The molecule has 0 saturated heterocycles. The van der Waals surface area contributed by atoms with Crippen molar-refractivity contribution in [1.29, 1.82) is 0 Å². The minimum absolute atomic E-state index is 0.0206. The number of para-hydroxylation sites is 1. The van der Waals surface area contributed by atoms with E-state index in [9.17, 15) is 10.1 Å². The molecule has 0 fully saturated rings. The number of rotatable bonds is 5. The number of hydrogen-bond acceptors (Lipinski definition) is 3. The lowest BCUT2D eigenvalue weighted by molar-refractivity contribution is -0.383. The van der Waals surface area contributed by atoms with Gasteiger partial charge in [0.1, 0.15) is 5.69 Å². The van der Waals surface area contributed by atoms with Crippen molar-refractivity contribution in [2.24, 2.45) is 0 Å². The second kappa shape index (κ2) is 7.51. The van der Waals surface area contributed by atoms with Gasteiger partial charge in [0.05, 0.1) is 4.92 Å². The van der Waals surface area contributed by atoms with Gasteiger partial charge in [0.25, 0.3) is 5.69 Å². The first-order valence-corrected chi connectivity index (χ1v) is 7.31. The molecule has 5 nitrogen and oxygen atoms in total. The van der Waals surface area contributed by atoms with Gasteiger partial charge in [-0.05, 0) is 36.7 Å². The molecule has 0 aliphatic carbocycles. The number of nitro groups is 1. The van der Waals surface area contributed by atoms with Crippen LogP contribution in [0.2, 0.25) is 0 Å². The third-order valence-electron chi connectivity index (χ3n) is 3.23. The minimum atomic E-state index is -0.415. The van der Waals surface area contributed by atoms with Crippen LogP contribution in [0, 0.1) is 17.0 Å². The van der Waals surface area contributed by atoms with E-state index in [1.807, 2.05) is 43.3 Å². The molecule has 2 aromatic carbocycles. The Labute approximate surface area is 134 Å². The van der Waals surface area contributed by atoms with Crippen LogP contribution in [-0.4, -0.2) is 16.6 Å². The second-order valence-corrected chi connectivity index (χ2v) is 5.25. The van der Waals surface area contributed by atoms with Crippen molar-refractivity contribution in [1.82, 2.24) is 5.32 Å². The van der Waals surface area contributed by atoms with Gasteiger partial charge in [-0.3, -0.25) is 10.1 Å². The highest BCUT2D eigenvalue weighted by molar-refractivity contribution is 7.80. The van der Waals surface area contributed by atoms with Gasteiger partial charge in [-0.15, -0.1) is 0 Å². The predicted molar refractivity (Wildman–Crippen MR) is 92.2 cm³/mol. The van der Waals surface area contributed by atoms with Crippen molar-refractivity contribution >= 4 is 28.7 Å². The predicted octanol–water partition coefficient (Wildman–Crippen LogP) is 3.43. The van der Waals surface area contributed by atoms with Crippen LogP contribution >= 0.6 is 12.2 Å². The molecule has 0 aromatic heterocycles. The summed E-state index contributed by atoms with van der Waals surface area (Å²) < 4.78 is 0. The average molecular weight is 315 g/mol. The van der Waals surface area contributed by atoms with E-state index >= 15 is 0 Å². The lowest BCUT2D eigenvalue weighted by Gasteiger charge is -2.12. The summed E-state index contributed by atoms with van der Waals surface area (Å²) in [5.74, 6) is 0. The smallest absolute Gasteiger partial charge is 0.293 e. The molecule has 0 radical (unpaired) electrons. The van der Waals surface area contributed by atoms with Gasteiger partial charge in [0, 0.05) is 12.6 Å². The highest BCUT2D eigenvalue weighted by Gasteiger charge is 2.16. The number of benzene rings is 2. The average Bonchev–Trinajstić information content (AvgIpc) is 2.50. The number of nitrogens with zero attached hydrogens (tertiary/aromatic N) is 1. The van der Waals surface area contributed by atoms with E-state index in [2.05, 4.69) is 10.6 Å². The van der Waals surface area contributed by atoms with Crippen LogP contribution in [0.5, 0.6) is 0 Å². The summed E-state index contributed by atoms with van der Waals surface area (Å²) >= 11 is 5.21. The molecule has 0 aliphatic rings. The third kappa shape index (κ3) is 4.26. The molecule has 2 rings (SSSR count). The molecule has 2 N–H and O–H groups in total. The quantitative estimate of drug-likeness (QED) is 0.503. The van der Waals surface area contributed by atoms with E-state index < -0.39 is 4.92 Å². The van der Waals surface area contributed by atoms with Crippen LogP contribution in [0.15, 0.2) is 48.5 Å². The maximum absolute atomic E-state index is 11.1. The van der Waals surface area contributed by atoms with Crippen molar-refractivity contribution in [2.45, 2.75) is 13.3 Å². The van der Waals surface area contributed by atoms with Crippen LogP contribution in [0.3, 0.4) is 0 Å². The largest absolute Gasteiger partial charge is 0.362 e. The van der Waals surface area contributed by atoms with Crippen molar-refractivity contribution < 1.29 is 4.92 Å². The normalized spacial score (nSPS) is 10.0. The molecule has 0 aliphatic heterocycles. The third-order valence-corrected chi connectivity index (χ3v) is 3.47. The Balaban J connectivity index is 1.94. The van der Waals surface area contributed by atoms with Crippen molar-refractivity contribution in [3.05, 3.63) is 69.8 Å². The number of nitro benzene ring substituents is 1. The Morgan fingerprint density at radius 2 is 1.91 bits per heavy atom. The Hall–Kier alpha value is -2.47. The molecule has 0 unspecified atom stereocenters. The van der Waals surface area contributed by atoms with Crippen molar-refractivity contribution in [3.63, 3.8) is 0 Å². The van der Waals surface area contributed by atoms with Gasteiger partial charge in [0.2, 0.25) is 0 Å². The molecule has 114 valence electrons. The molecule has 6 heteroatoms. The summed E-state index contributed by atoms with van der Waals surface area (Å²) in [7, 11) is 0. The summed E-state index contributed by atoms with van der Waals surface area (Å²) in [6.45, 7) is 2.47. The van der Waals surface area contributed by atoms with Crippen LogP contribution in [0.25, 0.3) is 0 Å². The van der Waals surface area contributed by atoms with Crippen LogP contribution in [-0.2, 0) is 6.42 Å². The SMILES string of the molecule is Cc1cccc([N+](=O)[O-])c1NC(=S)NCCc1ccccc1. The van der Waals surface area contributed by atoms with Gasteiger partial charge in [-0.25, -0.2) is 0 Å². The zero-order valence-corrected chi connectivity index (χ0v) is 13.0. The lowest BCUT2D eigenvalue weighted by atomic mass is 10.1. The minimum Gasteiger partial charge on any atom is -0.362 e. The number of hydrogen-bond donors (Lipinski definition) is 2. The highest BCUT2D eigenvalue weighted by atomic mass is 32.1. The van der Waals surface area contributed by atoms with Gasteiger partial charge < -0.3 is 10.6 Å². The summed E-state index contributed by atoms with van der Waals surface area (Å²) in [6.07, 6.45) is 0.832. The van der Waals surface area contributed by atoms with Gasteiger partial charge in [0.15, 0.2) is 5.11 Å². The Morgan fingerprint density at radius 1 is 1.18 bits per heavy atom. The summed E-state index contributed by atoms with van der Waals surface area (Å²) in [5.41, 5.74) is 2.44. The Kier molecular flexibility index (Phi) is 5.43. The first-order chi connectivity index (χ1) is 10.6. The molecule has 0 bridgehead atoms. The van der Waals surface area contributed by atoms with Gasteiger partial charge in [-0.2, -0.15) is 0 Å². The van der Waals surface area contributed by atoms with Crippen LogP contribution in [0.4, 0.5) is 11.4 Å². The molecular formula is C16H17N3O2S. The lowest BCUT2D eigenvalue weighted by Crippen LogP contribution is -2.30. The fraction of sp³-hybridized carbons (Fsp3) is 0.188. The monoisotopic (exact) mass is 315 g/mol. The molecule has 2 aromatic rings. The van der Waals surface area contributed by atoms with E-state index in [0.29, 0.717) is 17.3 Å². The van der Waals surface area contributed by atoms with Gasteiger partial charge >= 0.3 is 0 Å². The molecular weight excluding hydrogens is 298 g/mol. The molecule has 0 heterocycles. The maximum Gasteiger partial charge on any atom is 0.293 e. The molecule has 0 atom stereocenters. The van der Waals surface area contributed by atoms with E-state index in [1.54, 1.807) is 6.07 Å². The number of thiocarbonyl (C=S) groups is 1.